The number of benzene rings is 7. The summed E-state index contributed by atoms with van der Waals surface area (Å²) in [5.74, 6) is 2.29. The molecule has 0 aliphatic rings. The predicted octanol–water partition coefficient (Wildman–Crippen LogP) is 10.4. The summed E-state index contributed by atoms with van der Waals surface area (Å²) in [5.41, 5.74) is 9.43. The summed E-state index contributed by atoms with van der Waals surface area (Å²) in [7, 11) is 0. The second-order valence-corrected chi connectivity index (χ2v) is 12.7. The molecule has 52 heavy (non-hydrogen) atoms. The minimum absolute atomic E-state index is 0.731. The van der Waals surface area contributed by atoms with Gasteiger partial charge in [-0.25, -0.2) is 4.98 Å². The minimum Gasteiger partial charge on any atom is -0.458 e. The van der Waals surface area contributed by atoms with E-state index in [1.54, 1.807) is 0 Å². The number of aromatic nitrogens is 5. The first kappa shape index (κ1) is 29.7. The van der Waals surface area contributed by atoms with Crippen molar-refractivity contribution in [2.45, 2.75) is 0 Å². The Morgan fingerprint density at radius 2 is 1.21 bits per heavy atom. The molecule has 0 bridgehead atoms. The van der Waals surface area contributed by atoms with Gasteiger partial charge in [0.05, 0.1) is 33.4 Å². The van der Waals surface area contributed by atoms with E-state index < -0.39 is 0 Å². The van der Waals surface area contributed by atoms with Crippen molar-refractivity contribution in [2.75, 3.05) is 0 Å². The molecule has 246 valence electrons. The SMILES string of the molecule is [c-]1n(-c2cccc(Oc3ccc4c5ccccc5n(-c5nc6ccccc6n5-c5ccccc5)c4c3)c2)cc[n+]1-c1ccccc1-c1ccccc1. The Morgan fingerprint density at radius 3 is 2.10 bits per heavy atom. The number of para-hydroxylation sites is 5. The molecule has 0 spiro atoms. The van der Waals surface area contributed by atoms with Crippen LogP contribution < -0.4 is 9.30 Å². The van der Waals surface area contributed by atoms with E-state index in [1.165, 1.54) is 0 Å². The fourth-order valence-electron chi connectivity index (χ4n) is 7.20. The lowest BCUT2D eigenvalue weighted by Crippen LogP contribution is -2.29. The van der Waals surface area contributed by atoms with Crippen LogP contribution in [0.25, 0.3) is 67.0 Å². The van der Waals surface area contributed by atoms with E-state index in [-0.39, 0.29) is 0 Å². The lowest BCUT2D eigenvalue weighted by Gasteiger charge is -2.13. The van der Waals surface area contributed by atoms with Crippen LogP contribution in [0, 0.1) is 6.33 Å². The molecular weight excluding hydrogens is 639 g/mol. The van der Waals surface area contributed by atoms with E-state index in [2.05, 4.69) is 149 Å². The maximum absolute atomic E-state index is 6.60. The average Bonchev–Trinajstić information content (AvgIpc) is 3.93. The van der Waals surface area contributed by atoms with Crippen LogP contribution in [0.2, 0.25) is 0 Å². The Bertz CT molecular complexity index is 2880. The zero-order valence-electron chi connectivity index (χ0n) is 28.0. The van der Waals surface area contributed by atoms with E-state index in [4.69, 9.17) is 9.72 Å². The van der Waals surface area contributed by atoms with Gasteiger partial charge >= 0.3 is 0 Å². The third kappa shape index (κ3) is 5.05. The number of nitrogens with zero attached hydrogens (tertiary/aromatic N) is 5. The van der Waals surface area contributed by atoms with Crippen LogP contribution in [-0.2, 0) is 0 Å². The van der Waals surface area contributed by atoms with Gasteiger partial charge in [0.15, 0.2) is 0 Å². The molecule has 0 N–H and O–H groups in total. The van der Waals surface area contributed by atoms with Gasteiger partial charge in [-0.15, -0.1) is 0 Å². The highest BCUT2D eigenvalue weighted by Crippen LogP contribution is 2.37. The minimum atomic E-state index is 0.731. The molecular formula is C46H31N5O. The number of hydrogen-bond donors (Lipinski definition) is 0. The molecule has 7 aromatic carbocycles. The molecule has 0 saturated heterocycles. The van der Waals surface area contributed by atoms with Crippen LogP contribution in [0.3, 0.4) is 0 Å². The molecule has 10 aromatic rings. The van der Waals surface area contributed by atoms with Gasteiger partial charge in [0, 0.05) is 34.9 Å². The van der Waals surface area contributed by atoms with Crippen LogP contribution in [-0.4, -0.2) is 18.7 Å². The van der Waals surface area contributed by atoms with Crippen LogP contribution >= 0.6 is 0 Å². The van der Waals surface area contributed by atoms with Crippen molar-refractivity contribution < 1.29 is 9.30 Å². The van der Waals surface area contributed by atoms with Crippen molar-refractivity contribution in [1.82, 2.24) is 18.7 Å². The van der Waals surface area contributed by atoms with Crippen molar-refractivity contribution in [1.29, 1.82) is 0 Å². The van der Waals surface area contributed by atoms with E-state index in [9.17, 15) is 0 Å². The fourth-order valence-corrected chi connectivity index (χ4v) is 7.20. The van der Waals surface area contributed by atoms with Crippen molar-refractivity contribution in [3.05, 3.63) is 195 Å². The highest BCUT2D eigenvalue weighted by molar-refractivity contribution is 6.09. The van der Waals surface area contributed by atoms with Crippen molar-refractivity contribution in [2.24, 2.45) is 0 Å². The maximum Gasteiger partial charge on any atom is 0.268 e. The molecule has 10 rings (SSSR count). The highest BCUT2D eigenvalue weighted by Gasteiger charge is 2.20. The molecule has 0 atom stereocenters. The summed E-state index contributed by atoms with van der Waals surface area (Å²) in [4.78, 5) is 5.21. The number of ether oxygens (including phenoxy) is 1. The first-order chi connectivity index (χ1) is 25.8. The van der Waals surface area contributed by atoms with E-state index >= 15 is 0 Å². The Balaban J connectivity index is 1.04. The zero-order chi connectivity index (χ0) is 34.4. The molecule has 6 nitrogen and oxygen atoms in total. The summed E-state index contributed by atoms with van der Waals surface area (Å²) in [6.07, 6.45) is 7.56. The average molecular weight is 670 g/mol. The molecule has 0 aliphatic carbocycles. The molecule has 3 heterocycles. The van der Waals surface area contributed by atoms with E-state index in [1.807, 2.05) is 64.0 Å². The Kier molecular flexibility index (Phi) is 7.03. The zero-order valence-corrected chi connectivity index (χ0v) is 28.0. The molecule has 3 aromatic heterocycles. The highest BCUT2D eigenvalue weighted by atomic mass is 16.5. The van der Waals surface area contributed by atoms with Gasteiger partial charge in [-0.1, -0.05) is 103 Å². The smallest absolute Gasteiger partial charge is 0.268 e. The van der Waals surface area contributed by atoms with Gasteiger partial charge in [-0.05, 0) is 77.9 Å². The van der Waals surface area contributed by atoms with Crippen molar-refractivity contribution in [3.8, 4) is 45.6 Å². The maximum atomic E-state index is 6.60. The molecule has 6 heteroatoms. The molecule has 0 aliphatic heterocycles. The number of hydrogen-bond acceptors (Lipinski definition) is 2. The second kappa shape index (κ2) is 12.3. The van der Waals surface area contributed by atoms with Gasteiger partial charge in [0.1, 0.15) is 11.5 Å². The molecule has 0 unspecified atom stereocenters. The second-order valence-electron chi connectivity index (χ2n) is 12.7. The normalized spacial score (nSPS) is 11.5. The Hall–Kier alpha value is -7.18. The summed E-state index contributed by atoms with van der Waals surface area (Å²) < 4.78 is 15.1. The molecule has 0 amide bonds. The lowest BCUT2D eigenvalue weighted by molar-refractivity contribution is -0.598. The lowest BCUT2D eigenvalue weighted by atomic mass is 10.0. The largest absolute Gasteiger partial charge is 0.458 e. The Morgan fingerprint density at radius 1 is 0.519 bits per heavy atom. The van der Waals surface area contributed by atoms with Crippen LogP contribution in [0.1, 0.15) is 0 Å². The van der Waals surface area contributed by atoms with Crippen LogP contribution in [0.5, 0.6) is 11.5 Å². The summed E-state index contributed by atoms with van der Waals surface area (Å²) >= 11 is 0. The van der Waals surface area contributed by atoms with Gasteiger partial charge in [0.2, 0.25) is 5.95 Å². The topological polar surface area (TPSA) is 40.8 Å². The number of imidazole rings is 2. The van der Waals surface area contributed by atoms with Gasteiger partial charge in [-0.2, -0.15) is 0 Å². The monoisotopic (exact) mass is 669 g/mol. The van der Waals surface area contributed by atoms with Crippen molar-refractivity contribution in [3.63, 3.8) is 0 Å². The first-order valence-electron chi connectivity index (χ1n) is 17.3. The number of fused-ring (bicyclic) bond motifs is 4. The quantitative estimate of drug-likeness (QED) is 0.125. The predicted molar refractivity (Wildman–Crippen MR) is 207 cm³/mol. The van der Waals surface area contributed by atoms with Gasteiger partial charge in [-0.3, -0.25) is 18.3 Å². The third-order valence-corrected chi connectivity index (χ3v) is 9.56. The van der Waals surface area contributed by atoms with Crippen LogP contribution in [0.15, 0.2) is 188 Å². The molecule has 0 radical (unpaired) electrons. The first-order valence-corrected chi connectivity index (χ1v) is 17.3. The van der Waals surface area contributed by atoms with Gasteiger partial charge in [0.25, 0.3) is 6.33 Å². The molecule has 0 saturated carbocycles. The third-order valence-electron chi connectivity index (χ3n) is 9.56. The molecule has 0 fully saturated rings. The Labute approximate surface area is 300 Å². The standard InChI is InChI=1S/C46H31N5O/c1-3-14-33(15-4-1)38-20-7-10-23-42(38)49-29-28-48(32-49)35-18-13-19-36(30-35)52-37-26-27-40-39-21-8-11-24-43(39)51(45(40)31-37)46-47-41-22-9-12-25-44(41)50(46)34-16-5-2-6-17-34/h1-31H. The van der Waals surface area contributed by atoms with E-state index in [0.29, 0.717) is 0 Å². The summed E-state index contributed by atoms with van der Waals surface area (Å²) in [6.45, 7) is 0. The van der Waals surface area contributed by atoms with Crippen molar-refractivity contribution >= 4 is 32.8 Å². The summed E-state index contributed by atoms with van der Waals surface area (Å²) in [5, 5.41) is 2.29. The number of rotatable bonds is 7. The summed E-state index contributed by atoms with van der Waals surface area (Å²) in [6, 6.07) is 60.4. The fraction of sp³-hybridized carbons (Fsp3) is 0. The van der Waals surface area contributed by atoms with E-state index in [0.717, 1.165) is 78.5 Å². The van der Waals surface area contributed by atoms with Crippen LogP contribution in [0.4, 0.5) is 0 Å². The van der Waals surface area contributed by atoms with Gasteiger partial charge < -0.3 is 4.74 Å².